The highest BCUT2D eigenvalue weighted by atomic mass is 32.1. The van der Waals surface area contributed by atoms with Gasteiger partial charge in [0.05, 0.1) is 13.2 Å². The van der Waals surface area contributed by atoms with Crippen LogP contribution < -0.4 is 14.8 Å². The lowest BCUT2D eigenvalue weighted by atomic mass is 10.3. The highest BCUT2D eigenvalue weighted by molar-refractivity contribution is 7.11. The predicted molar refractivity (Wildman–Crippen MR) is 89.3 cm³/mol. The van der Waals surface area contributed by atoms with Crippen LogP contribution in [0.1, 0.15) is 13.3 Å². The van der Waals surface area contributed by atoms with E-state index in [1.807, 2.05) is 36.6 Å². The van der Waals surface area contributed by atoms with E-state index in [9.17, 15) is 4.79 Å². The molecule has 1 aromatic carbocycles. The first kappa shape index (κ1) is 15.6. The maximum Gasteiger partial charge on any atom is 0.321 e. The van der Waals surface area contributed by atoms with E-state index in [-0.39, 0.29) is 12.1 Å². The van der Waals surface area contributed by atoms with Gasteiger partial charge in [-0.25, -0.2) is 9.78 Å². The fourth-order valence-corrected chi connectivity index (χ4v) is 2.98. The smallest absolute Gasteiger partial charge is 0.321 e. The number of urea groups is 1. The Morgan fingerprint density at radius 3 is 2.96 bits per heavy atom. The number of hydrogen-bond acceptors (Lipinski definition) is 5. The summed E-state index contributed by atoms with van der Waals surface area (Å²) in [4.78, 5) is 18.2. The van der Waals surface area contributed by atoms with Crippen LogP contribution in [0.3, 0.4) is 0 Å². The molecule has 3 rings (SSSR count). The molecule has 1 aromatic heterocycles. The number of hydrogen-bond donors (Lipinski definition) is 1. The van der Waals surface area contributed by atoms with Crippen molar-refractivity contribution in [2.24, 2.45) is 0 Å². The minimum Gasteiger partial charge on any atom is -0.494 e. The highest BCUT2D eigenvalue weighted by Crippen LogP contribution is 2.21. The summed E-state index contributed by atoms with van der Waals surface area (Å²) in [6.45, 7) is 3.81. The van der Waals surface area contributed by atoms with Crippen molar-refractivity contribution >= 4 is 23.1 Å². The number of nitrogens with one attached hydrogen (secondary N) is 1. The zero-order valence-corrected chi connectivity index (χ0v) is 13.7. The lowest BCUT2D eigenvalue weighted by molar-refractivity contribution is 0.194. The van der Waals surface area contributed by atoms with Gasteiger partial charge in [0.2, 0.25) is 0 Å². The molecule has 122 valence electrons. The number of anilines is 1. The van der Waals surface area contributed by atoms with Gasteiger partial charge in [-0.15, -0.1) is 0 Å². The average Bonchev–Trinajstić information content (AvgIpc) is 3.22. The molecule has 2 heterocycles. The third kappa shape index (κ3) is 4.13. The number of ether oxygens (including phenoxy) is 2. The third-order valence-corrected chi connectivity index (χ3v) is 4.19. The van der Waals surface area contributed by atoms with Crippen molar-refractivity contribution in [1.82, 2.24) is 9.88 Å². The number of benzene rings is 1. The van der Waals surface area contributed by atoms with E-state index in [0.717, 1.165) is 17.9 Å². The molecule has 1 aliphatic rings. The Kier molecular flexibility index (Phi) is 4.97. The summed E-state index contributed by atoms with van der Waals surface area (Å²) in [7, 11) is 0. The number of likely N-dealkylation sites (tertiary alicyclic amines) is 1. The van der Waals surface area contributed by atoms with Gasteiger partial charge >= 0.3 is 6.03 Å². The van der Waals surface area contributed by atoms with Crippen molar-refractivity contribution in [3.05, 3.63) is 35.8 Å². The summed E-state index contributed by atoms with van der Waals surface area (Å²) in [6, 6.07) is 7.25. The minimum atomic E-state index is -0.112. The first-order chi connectivity index (χ1) is 11.2. The predicted octanol–water partition coefficient (Wildman–Crippen LogP) is 3.23. The number of rotatable bonds is 5. The van der Waals surface area contributed by atoms with E-state index >= 15 is 0 Å². The molecule has 1 fully saturated rings. The molecule has 1 unspecified atom stereocenters. The van der Waals surface area contributed by atoms with Crippen LogP contribution in [-0.4, -0.2) is 41.7 Å². The molecule has 6 nitrogen and oxygen atoms in total. The number of carbonyl (C=O) groups excluding carboxylic acids is 1. The van der Waals surface area contributed by atoms with E-state index < -0.39 is 0 Å². The van der Waals surface area contributed by atoms with Crippen LogP contribution >= 0.6 is 11.3 Å². The molecule has 1 saturated heterocycles. The van der Waals surface area contributed by atoms with Gasteiger partial charge in [0, 0.05) is 30.2 Å². The Morgan fingerprint density at radius 1 is 1.43 bits per heavy atom. The molecule has 1 N–H and O–H groups in total. The number of amides is 2. The van der Waals surface area contributed by atoms with Crippen molar-refractivity contribution in [3.8, 4) is 10.9 Å². The molecule has 7 heteroatoms. The summed E-state index contributed by atoms with van der Waals surface area (Å²) < 4.78 is 11.1. The third-order valence-electron chi connectivity index (χ3n) is 3.53. The molecule has 2 amide bonds. The van der Waals surface area contributed by atoms with Gasteiger partial charge in [-0.1, -0.05) is 11.3 Å². The topological polar surface area (TPSA) is 63.7 Å². The minimum absolute atomic E-state index is 0.00669. The maximum atomic E-state index is 12.3. The van der Waals surface area contributed by atoms with Crippen LogP contribution in [0.5, 0.6) is 10.9 Å². The second kappa shape index (κ2) is 7.32. The summed E-state index contributed by atoms with van der Waals surface area (Å²) in [5.41, 5.74) is 0.753. The standard InChI is InChI=1S/C16H19N3O3S/c1-2-21-13-5-3-12(4-6-13)18-15(20)19-9-7-14(11-19)22-16-17-8-10-23-16/h3-6,8,10,14H,2,7,9,11H2,1H3,(H,18,20). The van der Waals surface area contributed by atoms with Crippen LogP contribution in [0.4, 0.5) is 10.5 Å². The Bertz CT molecular complexity index is 631. The van der Waals surface area contributed by atoms with Crippen molar-refractivity contribution in [2.45, 2.75) is 19.4 Å². The maximum absolute atomic E-state index is 12.3. The molecule has 2 aromatic rings. The molecule has 23 heavy (non-hydrogen) atoms. The fourth-order valence-electron chi connectivity index (χ4n) is 2.42. The van der Waals surface area contributed by atoms with Crippen LogP contribution in [-0.2, 0) is 0 Å². The molecule has 0 spiro atoms. The Hall–Kier alpha value is -2.28. The number of nitrogens with zero attached hydrogens (tertiary/aromatic N) is 2. The normalized spacial score (nSPS) is 17.1. The lowest BCUT2D eigenvalue weighted by Gasteiger charge is -2.17. The van der Waals surface area contributed by atoms with Crippen LogP contribution in [0.25, 0.3) is 0 Å². The largest absolute Gasteiger partial charge is 0.494 e. The van der Waals surface area contributed by atoms with E-state index in [2.05, 4.69) is 10.3 Å². The summed E-state index contributed by atoms with van der Waals surface area (Å²) in [5.74, 6) is 0.795. The monoisotopic (exact) mass is 333 g/mol. The van der Waals surface area contributed by atoms with Gasteiger partial charge in [-0.05, 0) is 31.2 Å². The molecular formula is C16H19N3O3S. The Labute approximate surface area is 139 Å². The zero-order chi connectivity index (χ0) is 16.1. The van der Waals surface area contributed by atoms with E-state index in [1.165, 1.54) is 11.3 Å². The van der Waals surface area contributed by atoms with Gasteiger partial charge in [0.15, 0.2) is 0 Å². The number of aromatic nitrogens is 1. The summed E-state index contributed by atoms with van der Waals surface area (Å²) >= 11 is 1.46. The number of thiazole rings is 1. The molecule has 1 aliphatic heterocycles. The van der Waals surface area contributed by atoms with Crippen LogP contribution in [0, 0.1) is 0 Å². The molecule has 1 atom stereocenters. The van der Waals surface area contributed by atoms with Crippen LogP contribution in [0.15, 0.2) is 35.8 Å². The van der Waals surface area contributed by atoms with E-state index in [0.29, 0.717) is 24.9 Å². The number of carbonyl (C=O) groups is 1. The lowest BCUT2D eigenvalue weighted by Crippen LogP contribution is -2.34. The van der Waals surface area contributed by atoms with Crippen molar-refractivity contribution in [3.63, 3.8) is 0 Å². The van der Waals surface area contributed by atoms with Gasteiger partial charge in [0.1, 0.15) is 11.9 Å². The van der Waals surface area contributed by atoms with Crippen LogP contribution in [0.2, 0.25) is 0 Å². The SMILES string of the molecule is CCOc1ccc(NC(=O)N2CCC(Oc3nccs3)C2)cc1. The van der Waals surface area contributed by atoms with Crippen molar-refractivity contribution in [2.75, 3.05) is 25.0 Å². The van der Waals surface area contributed by atoms with E-state index in [1.54, 1.807) is 11.1 Å². The van der Waals surface area contributed by atoms with Gasteiger partial charge in [0.25, 0.3) is 5.19 Å². The van der Waals surface area contributed by atoms with E-state index in [4.69, 9.17) is 9.47 Å². The highest BCUT2D eigenvalue weighted by Gasteiger charge is 2.28. The quantitative estimate of drug-likeness (QED) is 0.912. The van der Waals surface area contributed by atoms with Gasteiger partial charge in [-0.2, -0.15) is 0 Å². The molecule has 0 radical (unpaired) electrons. The Balaban J connectivity index is 1.50. The Morgan fingerprint density at radius 2 is 2.26 bits per heavy atom. The second-order valence-corrected chi connectivity index (χ2v) is 6.02. The average molecular weight is 333 g/mol. The van der Waals surface area contributed by atoms with Crippen molar-refractivity contribution in [1.29, 1.82) is 0 Å². The van der Waals surface area contributed by atoms with Gasteiger partial charge < -0.3 is 19.7 Å². The molecule has 0 saturated carbocycles. The molecule has 0 aliphatic carbocycles. The van der Waals surface area contributed by atoms with Gasteiger partial charge in [-0.3, -0.25) is 0 Å². The first-order valence-electron chi connectivity index (χ1n) is 7.59. The first-order valence-corrected chi connectivity index (χ1v) is 8.47. The van der Waals surface area contributed by atoms with Crippen molar-refractivity contribution < 1.29 is 14.3 Å². The summed E-state index contributed by atoms with van der Waals surface area (Å²) in [6.07, 6.45) is 2.54. The zero-order valence-electron chi connectivity index (χ0n) is 12.9. The molecular weight excluding hydrogens is 314 g/mol. The summed E-state index contributed by atoms with van der Waals surface area (Å²) in [5, 5.41) is 5.43. The molecule has 0 bridgehead atoms. The second-order valence-electron chi connectivity index (χ2n) is 5.16. The fraction of sp³-hybridized carbons (Fsp3) is 0.375.